The zero-order valence-electron chi connectivity index (χ0n) is 13.4. The first-order valence-electron chi connectivity index (χ1n) is 8.13. The van der Waals surface area contributed by atoms with E-state index in [4.69, 9.17) is 9.84 Å². The lowest BCUT2D eigenvalue weighted by Crippen LogP contribution is -2.03. The van der Waals surface area contributed by atoms with E-state index >= 15 is 0 Å². The normalized spacial score (nSPS) is 12.8. The highest BCUT2D eigenvalue weighted by molar-refractivity contribution is 7.13. The Hall–Kier alpha value is -2.92. The smallest absolute Gasteiger partial charge is 0.130 e. The van der Waals surface area contributed by atoms with Crippen LogP contribution < -0.4 is 4.74 Å². The van der Waals surface area contributed by atoms with Crippen molar-refractivity contribution in [1.29, 1.82) is 0 Å². The summed E-state index contributed by atoms with van der Waals surface area (Å²) in [5, 5.41) is 4.78. The third-order valence-corrected chi connectivity index (χ3v) is 5.23. The average Bonchev–Trinajstić information content (AvgIpc) is 3.29. The molecule has 2 aromatic heterocycles. The van der Waals surface area contributed by atoms with Crippen LogP contribution in [0.15, 0.2) is 66.3 Å². The summed E-state index contributed by atoms with van der Waals surface area (Å²) in [7, 11) is 0. The zero-order chi connectivity index (χ0) is 16.6. The quantitative estimate of drug-likeness (QED) is 0.532. The summed E-state index contributed by atoms with van der Waals surface area (Å²) in [5.41, 5.74) is 7.35. The van der Waals surface area contributed by atoms with E-state index < -0.39 is 0 Å². The Labute approximate surface area is 149 Å². The van der Waals surface area contributed by atoms with Crippen molar-refractivity contribution in [2.24, 2.45) is 0 Å². The summed E-state index contributed by atoms with van der Waals surface area (Å²) in [6.45, 7) is 1.25. The van der Waals surface area contributed by atoms with Crippen molar-refractivity contribution in [3.63, 3.8) is 0 Å². The van der Waals surface area contributed by atoms with Gasteiger partial charge in [0.2, 0.25) is 0 Å². The van der Waals surface area contributed by atoms with Gasteiger partial charge in [-0.15, -0.1) is 11.3 Å². The monoisotopic (exact) mass is 345 g/mol. The van der Waals surface area contributed by atoms with E-state index in [0.717, 1.165) is 45.2 Å². The molecule has 2 aromatic carbocycles. The Morgan fingerprint density at radius 3 is 2.76 bits per heavy atom. The molecule has 4 aromatic rings. The van der Waals surface area contributed by atoms with E-state index in [2.05, 4.69) is 41.4 Å². The van der Waals surface area contributed by atoms with Crippen LogP contribution in [0.25, 0.3) is 21.7 Å². The van der Waals surface area contributed by atoms with Gasteiger partial charge in [0.25, 0.3) is 0 Å². The van der Waals surface area contributed by atoms with Gasteiger partial charge in [0.05, 0.1) is 28.3 Å². The molecular weight excluding hydrogens is 330 g/mol. The Kier molecular flexibility index (Phi) is 3.38. The predicted octanol–water partition coefficient (Wildman–Crippen LogP) is 4.61. The molecule has 0 N–H and O–H groups in total. The highest BCUT2D eigenvalue weighted by atomic mass is 32.1. The fraction of sp³-hybridized carbons (Fsp3) is 0.100. The maximum atomic E-state index is 6.09. The second kappa shape index (κ2) is 5.86. The molecule has 5 heteroatoms. The van der Waals surface area contributed by atoms with Crippen molar-refractivity contribution >= 4 is 11.3 Å². The van der Waals surface area contributed by atoms with Crippen LogP contribution in [0.1, 0.15) is 11.3 Å². The second-order valence-corrected chi connectivity index (χ2v) is 6.91. The Morgan fingerprint density at radius 2 is 1.92 bits per heavy atom. The van der Waals surface area contributed by atoms with Gasteiger partial charge in [-0.3, -0.25) is 9.67 Å². The van der Waals surface area contributed by atoms with Crippen LogP contribution in [0, 0.1) is 0 Å². The molecule has 1 aliphatic heterocycles. The van der Waals surface area contributed by atoms with Gasteiger partial charge in [-0.1, -0.05) is 42.5 Å². The van der Waals surface area contributed by atoms with E-state index in [1.54, 1.807) is 11.3 Å². The summed E-state index contributed by atoms with van der Waals surface area (Å²) >= 11 is 1.64. The fourth-order valence-corrected chi connectivity index (χ4v) is 3.72. The zero-order valence-corrected chi connectivity index (χ0v) is 14.2. The van der Waals surface area contributed by atoms with E-state index in [1.807, 2.05) is 34.6 Å². The van der Waals surface area contributed by atoms with Crippen LogP contribution in [0.3, 0.4) is 0 Å². The van der Waals surface area contributed by atoms with Gasteiger partial charge in [-0.2, -0.15) is 5.10 Å². The summed E-state index contributed by atoms with van der Waals surface area (Å²) < 4.78 is 8.13. The van der Waals surface area contributed by atoms with E-state index in [9.17, 15) is 0 Å². The minimum absolute atomic E-state index is 0.527. The molecule has 122 valence electrons. The van der Waals surface area contributed by atoms with Gasteiger partial charge in [0.1, 0.15) is 12.4 Å². The number of benzene rings is 2. The van der Waals surface area contributed by atoms with Crippen LogP contribution >= 0.6 is 11.3 Å². The highest BCUT2D eigenvalue weighted by Crippen LogP contribution is 2.32. The summed E-state index contributed by atoms with van der Waals surface area (Å²) in [4.78, 5) is 5.31. The van der Waals surface area contributed by atoms with Crippen molar-refractivity contribution in [2.75, 3.05) is 0 Å². The van der Waals surface area contributed by atoms with Crippen molar-refractivity contribution in [3.8, 4) is 27.4 Å². The molecule has 3 heterocycles. The Bertz CT molecular complexity index is 1020. The molecule has 4 nitrogen and oxygen atoms in total. The standard InChI is InChI=1S/C20H15N3OS/c1-2-4-14(5-3-1)18-9-17-12-24-19-8-15(20-10-21-13-25-20)6-7-16(19)11-23(17)22-18/h1-10,13H,11-12H2. The van der Waals surface area contributed by atoms with Crippen LogP contribution in [0.4, 0.5) is 0 Å². The van der Waals surface area contributed by atoms with E-state index in [0.29, 0.717) is 6.61 Å². The summed E-state index contributed by atoms with van der Waals surface area (Å²) in [6, 6.07) is 18.7. The molecule has 0 saturated carbocycles. The number of aromatic nitrogens is 3. The second-order valence-electron chi connectivity index (χ2n) is 6.02. The van der Waals surface area contributed by atoms with Gasteiger partial charge < -0.3 is 4.74 Å². The third-order valence-electron chi connectivity index (χ3n) is 4.41. The van der Waals surface area contributed by atoms with Crippen molar-refractivity contribution in [1.82, 2.24) is 14.8 Å². The van der Waals surface area contributed by atoms with Crippen molar-refractivity contribution in [3.05, 3.63) is 77.6 Å². The average molecular weight is 345 g/mol. The predicted molar refractivity (Wildman–Crippen MR) is 98.6 cm³/mol. The number of hydrogen-bond donors (Lipinski definition) is 0. The summed E-state index contributed by atoms with van der Waals surface area (Å²) in [6.07, 6.45) is 1.89. The summed E-state index contributed by atoms with van der Waals surface area (Å²) in [5.74, 6) is 0.928. The fourth-order valence-electron chi connectivity index (χ4n) is 3.10. The Morgan fingerprint density at radius 1 is 1.00 bits per heavy atom. The lowest BCUT2D eigenvalue weighted by atomic mass is 10.1. The molecular formula is C20H15N3OS. The topological polar surface area (TPSA) is 39.9 Å². The molecule has 5 rings (SSSR count). The van der Waals surface area contributed by atoms with Crippen LogP contribution in [-0.2, 0) is 13.2 Å². The van der Waals surface area contributed by atoms with E-state index in [-0.39, 0.29) is 0 Å². The number of hydrogen-bond acceptors (Lipinski definition) is 4. The molecule has 0 spiro atoms. The first-order chi connectivity index (χ1) is 12.4. The minimum atomic E-state index is 0.527. The number of ether oxygens (including phenoxy) is 1. The van der Waals surface area contributed by atoms with Crippen LogP contribution in [0.5, 0.6) is 5.75 Å². The molecule has 0 aliphatic carbocycles. The van der Waals surface area contributed by atoms with Crippen molar-refractivity contribution in [2.45, 2.75) is 13.2 Å². The maximum Gasteiger partial charge on any atom is 0.130 e. The number of nitrogens with zero attached hydrogens (tertiary/aromatic N) is 3. The lowest BCUT2D eigenvalue weighted by Gasteiger charge is -2.08. The van der Waals surface area contributed by atoms with Gasteiger partial charge in [-0.05, 0) is 17.7 Å². The molecule has 1 aliphatic rings. The first-order valence-corrected chi connectivity index (χ1v) is 9.01. The molecule has 0 atom stereocenters. The van der Waals surface area contributed by atoms with Crippen molar-refractivity contribution < 1.29 is 4.74 Å². The molecule has 0 radical (unpaired) electrons. The molecule has 0 fully saturated rings. The number of rotatable bonds is 2. The van der Waals surface area contributed by atoms with Crippen LogP contribution in [-0.4, -0.2) is 14.8 Å². The van der Waals surface area contributed by atoms with Gasteiger partial charge in [-0.25, -0.2) is 0 Å². The minimum Gasteiger partial charge on any atom is -0.487 e. The molecule has 25 heavy (non-hydrogen) atoms. The molecule has 0 unspecified atom stereocenters. The third kappa shape index (κ3) is 2.62. The maximum absolute atomic E-state index is 6.09. The number of fused-ring (bicyclic) bond motifs is 2. The lowest BCUT2D eigenvalue weighted by molar-refractivity contribution is 0.302. The molecule has 0 saturated heterocycles. The largest absolute Gasteiger partial charge is 0.487 e. The SMILES string of the molecule is c1ccc(-c2cc3n(n2)Cc2ccc(-c4cncs4)cc2OC3)cc1. The van der Waals surface area contributed by atoms with Gasteiger partial charge >= 0.3 is 0 Å². The molecule has 0 amide bonds. The van der Waals surface area contributed by atoms with E-state index in [1.165, 1.54) is 0 Å². The highest BCUT2D eigenvalue weighted by Gasteiger charge is 2.17. The van der Waals surface area contributed by atoms with Gasteiger partial charge in [0, 0.05) is 17.3 Å². The first kappa shape index (κ1) is 14.4. The van der Waals surface area contributed by atoms with Gasteiger partial charge in [0.15, 0.2) is 0 Å². The van der Waals surface area contributed by atoms with Crippen LogP contribution in [0.2, 0.25) is 0 Å². The number of thiazole rings is 1. The Balaban J connectivity index is 1.50. The molecule has 0 bridgehead atoms.